The van der Waals surface area contributed by atoms with E-state index >= 15 is 0 Å². The number of hydrogen-bond acceptors (Lipinski definition) is 2. The summed E-state index contributed by atoms with van der Waals surface area (Å²) >= 11 is 0. The first-order chi connectivity index (χ1) is 9.69. The minimum atomic E-state index is -0.893. The van der Waals surface area contributed by atoms with Crippen molar-refractivity contribution in [2.24, 2.45) is 5.92 Å². The van der Waals surface area contributed by atoms with Gasteiger partial charge in [0.05, 0.1) is 0 Å². The molecule has 0 spiro atoms. The van der Waals surface area contributed by atoms with Gasteiger partial charge in [-0.15, -0.1) is 0 Å². The zero-order valence-corrected chi connectivity index (χ0v) is 12.3. The number of benzene rings is 1. The molecule has 3 heteroatoms. The smallest absolute Gasteiger partial charge is 0.210 e. The van der Waals surface area contributed by atoms with Crippen LogP contribution >= 0.6 is 0 Å². The van der Waals surface area contributed by atoms with Crippen LogP contribution in [0.25, 0.3) is 10.9 Å². The molecule has 0 aliphatic rings. The van der Waals surface area contributed by atoms with E-state index in [0.717, 1.165) is 19.3 Å². The van der Waals surface area contributed by atoms with Gasteiger partial charge in [-0.2, -0.15) is 0 Å². The molecule has 0 saturated carbocycles. The highest BCUT2D eigenvalue weighted by Crippen LogP contribution is 2.10. The Kier molecular flexibility index (Phi) is 7.33. The molecule has 0 saturated heterocycles. The van der Waals surface area contributed by atoms with Gasteiger partial charge in [0.15, 0.2) is 6.20 Å². The van der Waals surface area contributed by atoms with Crippen LogP contribution in [0.1, 0.15) is 39.5 Å². The zero-order chi connectivity index (χ0) is 14.8. The molecule has 0 amide bonds. The maximum absolute atomic E-state index is 10.3. The molecule has 0 radical (unpaired) electrons. The number of rotatable bonds is 5. The highest BCUT2D eigenvalue weighted by Gasteiger charge is 2.04. The second-order valence-electron chi connectivity index (χ2n) is 4.82. The number of hydrogen-bond donors (Lipinski definition) is 0. The minimum Gasteiger partial charge on any atom is -0.550 e. The molecule has 20 heavy (non-hydrogen) atoms. The van der Waals surface area contributed by atoms with Crippen LogP contribution in [-0.4, -0.2) is 5.97 Å². The molecule has 2 rings (SSSR count). The van der Waals surface area contributed by atoms with Crippen molar-refractivity contribution >= 4 is 16.9 Å². The number of fused-ring (bicyclic) bond motifs is 1. The molecule has 0 aliphatic carbocycles. The van der Waals surface area contributed by atoms with Gasteiger partial charge in [0.1, 0.15) is 0 Å². The Balaban J connectivity index is 0.000000200. The van der Waals surface area contributed by atoms with E-state index in [2.05, 4.69) is 30.1 Å². The van der Waals surface area contributed by atoms with Crippen LogP contribution in [0.5, 0.6) is 0 Å². The van der Waals surface area contributed by atoms with Gasteiger partial charge < -0.3 is 9.90 Å². The number of carboxylic acids is 1. The predicted octanol–water partition coefficient (Wildman–Crippen LogP) is 2.61. The summed E-state index contributed by atoms with van der Waals surface area (Å²) in [5, 5.41) is 11.6. The first-order valence-electron chi connectivity index (χ1n) is 7.25. The highest BCUT2D eigenvalue weighted by molar-refractivity contribution is 5.74. The van der Waals surface area contributed by atoms with E-state index in [1.807, 2.05) is 31.3 Å². The number of carbonyl (C=O) groups excluding carboxylic acids is 1. The molecule has 1 unspecified atom stereocenters. The van der Waals surface area contributed by atoms with E-state index in [9.17, 15) is 9.90 Å². The molecular formula is C17H23NO2. The molecule has 0 aliphatic heterocycles. The van der Waals surface area contributed by atoms with Crippen LogP contribution in [-0.2, 0) is 4.79 Å². The van der Waals surface area contributed by atoms with Crippen LogP contribution in [0.2, 0.25) is 0 Å². The number of aromatic amines is 1. The third-order valence-corrected chi connectivity index (χ3v) is 3.30. The van der Waals surface area contributed by atoms with E-state index < -0.39 is 5.97 Å². The molecule has 108 valence electrons. The number of unbranched alkanes of at least 4 members (excludes halogenated alkanes) is 1. The minimum absolute atomic E-state index is 0.222. The summed E-state index contributed by atoms with van der Waals surface area (Å²) in [5.74, 6) is -1.11. The number of carboxylic acid groups (broad SMARTS) is 1. The second-order valence-corrected chi connectivity index (χ2v) is 4.82. The fourth-order valence-corrected chi connectivity index (χ4v) is 2.00. The summed E-state index contributed by atoms with van der Waals surface area (Å²) < 4.78 is 0. The first kappa shape index (κ1) is 16.2. The molecule has 1 aromatic heterocycles. The van der Waals surface area contributed by atoms with Crippen LogP contribution < -0.4 is 10.1 Å². The summed E-state index contributed by atoms with van der Waals surface area (Å²) in [6, 6.07) is 12.3. The quantitative estimate of drug-likeness (QED) is 0.840. The van der Waals surface area contributed by atoms with Crippen LogP contribution in [0.3, 0.4) is 0 Å². The molecular weight excluding hydrogens is 250 g/mol. The summed E-state index contributed by atoms with van der Waals surface area (Å²) in [7, 11) is 0. The van der Waals surface area contributed by atoms with Gasteiger partial charge in [0, 0.05) is 23.5 Å². The average Bonchev–Trinajstić information content (AvgIpc) is 2.48. The molecule has 1 N–H and O–H groups in total. The van der Waals surface area contributed by atoms with Crippen molar-refractivity contribution in [3.8, 4) is 0 Å². The van der Waals surface area contributed by atoms with Crippen molar-refractivity contribution in [2.75, 3.05) is 0 Å². The summed E-state index contributed by atoms with van der Waals surface area (Å²) in [6.07, 6.45) is 5.45. The number of para-hydroxylation sites is 1. The Hall–Kier alpha value is -1.90. The van der Waals surface area contributed by atoms with Gasteiger partial charge in [-0.1, -0.05) is 38.8 Å². The fraction of sp³-hybridized carbons (Fsp3) is 0.412. The average molecular weight is 273 g/mol. The fourth-order valence-electron chi connectivity index (χ4n) is 2.00. The number of aliphatic carboxylic acids is 1. The molecule has 0 fully saturated rings. The van der Waals surface area contributed by atoms with Gasteiger partial charge in [0.2, 0.25) is 5.52 Å². The number of pyridine rings is 1. The van der Waals surface area contributed by atoms with E-state index in [4.69, 9.17) is 0 Å². The van der Waals surface area contributed by atoms with Crippen LogP contribution in [0.15, 0.2) is 42.6 Å². The molecule has 1 atom stereocenters. The van der Waals surface area contributed by atoms with E-state index in [1.165, 1.54) is 10.9 Å². The first-order valence-corrected chi connectivity index (χ1v) is 7.25. The monoisotopic (exact) mass is 273 g/mol. The number of aromatic nitrogens is 1. The lowest BCUT2D eigenvalue weighted by atomic mass is 10.00. The van der Waals surface area contributed by atoms with Gasteiger partial charge in [-0.25, -0.2) is 4.98 Å². The van der Waals surface area contributed by atoms with Crippen LogP contribution in [0, 0.1) is 5.92 Å². The van der Waals surface area contributed by atoms with Gasteiger partial charge in [0.25, 0.3) is 0 Å². The van der Waals surface area contributed by atoms with E-state index in [0.29, 0.717) is 6.42 Å². The van der Waals surface area contributed by atoms with E-state index in [1.54, 1.807) is 0 Å². The normalized spacial score (nSPS) is 11.5. The van der Waals surface area contributed by atoms with Crippen molar-refractivity contribution in [3.05, 3.63) is 42.6 Å². The SMILES string of the molecule is CCCCC(CC)C(=O)[O-].c1ccc2[nH+]cccc2c1. The molecule has 1 heterocycles. The van der Waals surface area contributed by atoms with Crippen LogP contribution in [0.4, 0.5) is 0 Å². The Morgan fingerprint density at radius 1 is 1.20 bits per heavy atom. The highest BCUT2D eigenvalue weighted by atomic mass is 16.4. The Labute approximate surface area is 120 Å². The topological polar surface area (TPSA) is 54.3 Å². The Bertz CT molecular complexity index is 460. The van der Waals surface area contributed by atoms with Crippen molar-refractivity contribution in [2.45, 2.75) is 39.5 Å². The second kappa shape index (κ2) is 9.08. The lowest BCUT2D eigenvalue weighted by Gasteiger charge is -2.14. The number of carbonyl (C=O) groups is 1. The van der Waals surface area contributed by atoms with Crippen molar-refractivity contribution in [3.63, 3.8) is 0 Å². The lowest BCUT2D eigenvalue weighted by Crippen LogP contribution is -2.30. The molecule has 0 bridgehead atoms. The third-order valence-electron chi connectivity index (χ3n) is 3.30. The predicted molar refractivity (Wildman–Crippen MR) is 78.8 cm³/mol. The summed E-state index contributed by atoms with van der Waals surface area (Å²) in [4.78, 5) is 13.5. The van der Waals surface area contributed by atoms with Gasteiger partial charge in [-0.3, -0.25) is 0 Å². The van der Waals surface area contributed by atoms with Crippen molar-refractivity contribution in [1.82, 2.24) is 0 Å². The largest absolute Gasteiger partial charge is 0.550 e. The van der Waals surface area contributed by atoms with Crippen molar-refractivity contribution in [1.29, 1.82) is 0 Å². The summed E-state index contributed by atoms with van der Waals surface area (Å²) in [6.45, 7) is 3.94. The molecule has 2 aromatic rings. The molecule has 3 nitrogen and oxygen atoms in total. The molecule has 1 aromatic carbocycles. The number of H-pyrrole nitrogens is 1. The lowest BCUT2D eigenvalue weighted by molar-refractivity contribution is -0.344. The van der Waals surface area contributed by atoms with E-state index in [-0.39, 0.29) is 5.92 Å². The number of nitrogens with one attached hydrogen (secondary N) is 1. The maximum atomic E-state index is 10.3. The standard InChI is InChI=1S/C9H7N.C8H16O2/c1-2-6-9-8(4-1)5-3-7-10-9;1-3-5-6-7(4-2)8(9)10/h1-7H;7H,3-6H2,1-2H3,(H,9,10). The Morgan fingerprint density at radius 3 is 2.50 bits per heavy atom. The van der Waals surface area contributed by atoms with Crippen molar-refractivity contribution < 1.29 is 14.9 Å². The Morgan fingerprint density at radius 2 is 1.90 bits per heavy atom. The van der Waals surface area contributed by atoms with Gasteiger partial charge in [-0.05, 0) is 30.9 Å². The maximum Gasteiger partial charge on any atom is 0.210 e. The summed E-state index contributed by atoms with van der Waals surface area (Å²) in [5.41, 5.74) is 1.19. The third kappa shape index (κ3) is 5.39. The zero-order valence-electron chi connectivity index (χ0n) is 12.3. The van der Waals surface area contributed by atoms with Gasteiger partial charge >= 0.3 is 0 Å².